The Morgan fingerprint density at radius 3 is 2.18 bits per heavy atom. The van der Waals surface area contributed by atoms with Crippen molar-refractivity contribution in [3.63, 3.8) is 0 Å². The zero-order valence-electron chi connectivity index (χ0n) is 12.4. The van der Waals surface area contributed by atoms with Crippen molar-refractivity contribution < 1.29 is 4.79 Å². The normalized spacial score (nSPS) is 13.1. The van der Waals surface area contributed by atoms with Gasteiger partial charge in [0.1, 0.15) is 0 Å². The van der Waals surface area contributed by atoms with Gasteiger partial charge in [-0.25, -0.2) is 0 Å². The number of carbonyl (C=O) groups is 1. The van der Waals surface area contributed by atoms with E-state index in [2.05, 4.69) is 24.4 Å². The van der Waals surface area contributed by atoms with Crippen LogP contribution < -0.4 is 5.32 Å². The lowest BCUT2D eigenvalue weighted by Crippen LogP contribution is -2.17. The van der Waals surface area contributed by atoms with Crippen molar-refractivity contribution in [1.29, 1.82) is 0 Å². The molecule has 0 aromatic heterocycles. The van der Waals surface area contributed by atoms with Crippen molar-refractivity contribution in [2.24, 2.45) is 0 Å². The predicted molar refractivity (Wildman–Crippen MR) is 77.1 cm³/mol. The van der Waals surface area contributed by atoms with Gasteiger partial charge in [0.15, 0.2) is 0 Å². The van der Waals surface area contributed by atoms with Gasteiger partial charge in [0, 0.05) is 13.5 Å². The lowest BCUT2D eigenvalue weighted by atomic mass is 9.96. The largest absolute Gasteiger partial charge is 0.359 e. The molecule has 1 aliphatic rings. The fourth-order valence-corrected chi connectivity index (χ4v) is 1.39. The highest BCUT2D eigenvalue weighted by molar-refractivity contribution is 5.75. The van der Waals surface area contributed by atoms with E-state index in [4.69, 9.17) is 0 Å². The predicted octanol–water partition coefficient (Wildman–Crippen LogP) is 4.23. The van der Waals surface area contributed by atoms with E-state index in [0.717, 1.165) is 19.3 Å². The zero-order chi connectivity index (χ0) is 13.7. The summed E-state index contributed by atoms with van der Waals surface area (Å²) < 4.78 is 0. The Kier molecular flexibility index (Phi) is 14.0. The van der Waals surface area contributed by atoms with Gasteiger partial charge in [-0.1, -0.05) is 51.0 Å². The first kappa shape index (κ1) is 18.3. The van der Waals surface area contributed by atoms with Gasteiger partial charge >= 0.3 is 0 Å². The molecule has 2 nitrogen and oxygen atoms in total. The molecule has 0 spiro atoms. The van der Waals surface area contributed by atoms with Crippen LogP contribution in [0.3, 0.4) is 0 Å². The molecule has 0 aromatic rings. The van der Waals surface area contributed by atoms with E-state index in [1.165, 1.54) is 11.1 Å². The molecule has 17 heavy (non-hydrogen) atoms. The van der Waals surface area contributed by atoms with Crippen LogP contribution in [0.1, 0.15) is 60.3 Å². The molecule has 0 saturated heterocycles. The van der Waals surface area contributed by atoms with Crippen LogP contribution in [0.4, 0.5) is 0 Å². The number of rotatable bonds is 3. The fourth-order valence-electron chi connectivity index (χ4n) is 1.39. The average Bonchev–Trinajstić information content (AvgIpc) is 2.42. The second kappa shape index (κ2) is 13.0. The van der Waals surface area contributed by atoms with Crippen molar-refractivity contribution in [3.05, 3.63) is 23.3 Å². The smallest absolute Gasteiger partial charge is 0.220 e. The second-order valence-corrected chi connectivity index (χ2v) is 3.51. The molecule has 0 atom stereocenters. The Morgan fingerprint density at radius 1 is 1.18 bits per heavy atom. The van der Waals surface area contributed by atoms with Crippen LogP contribution in [0.15, 0.2) is 23.3 Å². The minimum atomic E-state index is 0.132. The lowest BCUT2D eigenvalue weighted by Gasteiger charge is -2.11. The van der Waals surface area contributed by atoms with Gasteiger partial charge < -0.3 is 5.32 Å². The summed E-state index contributed by atoms with van der Waals surface area (Å²) in [6, 6.07) is 0. The summed E-state index contributed by atoms with van der Waals surface area (Å²) in [6.45, 7) is 10.1. The van der Waals surface area contributed by atoms with Gasteiger partial charge in [0.2, 0.25) is 5.91 Å². The Bertz CT molecular complexity index is 252. The van der Waals surface area contributed by atoms with Crippen LogP contribution in [0.25, 0.3) is 0 Å². The first-order valence-corrected chi connectivity index (χ1v) is 6.78. The van der Waals surface area contributed by atoms with Crippen LogP contribution in [0, 0.1) is 0 Å². The third-order valence-corrected chi connectivity index (χ3v) is 2.40. The van der Waals surface area contributed by atoms with E-state index in [-0.39, 0.29) is 5.91 Å². The van der Waals surface area contributed by atoms with Crippen LogP contribution in [0.5, 0.6) is 0 Å². The van der Waals surface area contributed by atoms with E-state index in [9.17, 15) is 4.79 Å². The van der Waals surface area contributed by atoms with Crippen LogP contribution in [-0.2, 0) is 4.79 Å². The highest BCUT2D eigenvalue weighted by Gasteiger charge is 2.05. The van der Waals surface area contributed by atoms with Crippen molar-refractivity contribution in [2.45, 2.75) is 60.3 Å². The van der Waals surface area contributed by atoms with Gasteiger partial charge in [-0.15, -0.1) is 0 Å². The Hall–Kier alpha value is -1.05. The summed E-state index contributed by atoms with van der Waals surface area (Å²) in [7, 11) is 1.68. The second-order valence-electron chi connectivity index (χ2n) is 3.51. The standard InChI is InChI=1S/C11H17NO.2C2H6/c1-9-3-5-10(6-4-9)7-8-11(13)12-2;2*1-2/h3,5H,4,6-8H2,1-2H3,(H,12,13);2*1-2H3. The monoisotopic (exact) mass is 239 g/mol. The molecule has 1 aliphatic carbocycles. The molecule has 1 amide bonds. The summed E-state index contributed by atoms with van der Waals surface area (Å²) >= 11 is 0. The van der Waals surface area contributed by atoms with Crippen molar-refractivity contribution in [3.8, 4) is 0 Å². The highest BCUT2D eigenvalue weighted by Crippen LogP contribution is 2.20. The number of hydrogen-bond acceptors (Lipinski definition) is 1. The summed E-state index contributed by atoms with van der Waals surface area (Å²) in [5, 5.41) is 2.63. The molecule has 100 valence electrons. The minimum absolute atomic E-state index is 0.132. The van der Waals surface area contributed by atoms with Crippen molar-refractivity contribution in [2.75, 3.05) is 7.05 Å². The van der Waals surface area contributed by atoms with E-state index in [1.807, 2.05) is 27.7 Å². The zero-order valence-corrected chi connectivity index (χ0v) is 12.4. The number of nitrogens with one attached hydrogen (secondary N) is 1. The van der Waals surface area contributed by atoms with Gasteiger partial charge in [-0.05, 0) is 26.2 Å². The Labute approximate surface area is 107 Å². The Balaban J connectivity index is 0. The van der Waals surface area contributed by atoms with E-state index in [1.54, 1.807) is 7.05 Å². The minimum Gasteiger partial charge on any atom is -0.359 e. The molecule has 0 heterocycles. The number of amides is 1. The third-order valence-electron chi connectivity index (χ3n) is 2.40. The molecule has 0 aromatic carbocycles. The number of hydrogen-bond donors (Lipinski definition) is 1. The highest BCUT2D eigenvalue weighted by atomic mass is 16.1. The van der Waals surface area contributed by atoms with Gasteiger partial charge in [0.25, 0.3) is 0 Å². The van der Waals surface area contributed by atoms with Crippen LogP contribution in [-0.4, -0.2) is 13.0 Å². The molecular weight excluding hydrogens is 210 g/mol. The fraction of sp³-hybridized carbons (Fsp3) is 0.667. The molecule has 0 fully saturated rings. The SMILES string of the molecule is CC.CC.CNC(=O)CCC1=CC=C(C)CC1. The van der Waals surface area contributed by atoms with Crippen LogP contribution >= 0.6 is 0 Å². The molecule has 0 bridgehead atoms. The van der Waals surface area contributed by atoms with E-state index in [0.29, 0.717) is 6.42 Å². The van der Waals surface area contributed by atoms with Gasteiger partial charge in [-0.3, -0.25) is 4.79 Å². The molecule has 0 aliphatic heterocycles. The summed E-state index contributed by atoms with van der Waals surface area (Å²) in [5.74, 6) is 0.132. The molecule has 0 radical (unpaired) electrons. The maximum atomic E-state index is 11.0. The summed E-state index contributed by atoms with van der Waals surface area (Å²) in [5.41, 5.74) is 2.83. The lowest BCUT2D eigenvalue weighted by molar-refractivity contribution is -0.120. The van der Waals surface area contributed by atoms with Gasteiger partial charge in [-0.2, -0.15) is 0 Å². The van der Waals surface area contributed by atoms with Gasteiger partial charge in [0.05, 0.1) is 0 Å². The van der Waals surface area contributed by atoms with Crippen molar-refractivity contribution >= 4 is 5.91 Å². The summed E-state index contributed by atoms with van der Waals surface area (Å²) in [6.07, 6.45) is 8.11. The molecule has 2 heteroatoms. The molecule has 1 N–H and O–H groups in total. The van der Waals surface area contributed by atoms with Crippen molar-refractivity contribution in [1.82, 2.24) is 5.32 Å². The molecule has 0 saturated carbocycles. The number of carbonyl (C=O) groups excluding carboxylic acids is 1. The van der Waals surface area contributed by atoms with Crippen LogP contribution in [0.2, 0.25) is 0 Å². The topological polar surface area (TPSA) is 29.1 Å². The first-order chi connectivity index (χ1) is 8.22. The number of allylic oxidation sites excluding steroid dienone is 4. The maximum Gasteiger partial charge on any atom is 0.220 e. The quantitative estimate of drug-likeness (QED) is 0.784. The summed E-state index contributed by atoms with van der Waals surface area (Å²) in [4.78, 5) is 11.0. The average molecular weight is 239 g/mol. The first-order valence-electron chi connectivity index (χ1n) is 6.78. The third kappa shape index (κ3) is 9.86. The maximum absolute atomic E-state index is 11.0. The van der Waals surface area contributed by atoms with E-state index >= 15 is 0 Å². The van der Waals surface area contributed by atoms with E-state index < -0.39 is 0 Å². The molecule has 0 unspecified atom stereocenters. The Morgan fingerprint density at radius 2 is 1.76 bits per heavy atom. The molecular formula is C15H29NO. The molecule has 1 rings (SSSR count).